The van der Waals surface area contributed by atoms with Crippen LogP contribution in [0.15, 0.2) is 24.3 Å². The quantitative estimate of drug-likeness (QED) is 0.847. The summed E-state index contributed by atoms with van der Waals surface area (Å²) in [4.78, 5) is 24.2. The van der Waals surface area contributed by atoms with Crippen LogP contribution in [0.5, 0.6) is 0 Å². The Morgan fingerprint density at radius 1 is 1.22 bits per heavy atom. The number of rotatable bonds is 6. The van der Waals surface area contributed by atoms with Gasteiger partial charge in [0.2, 0.25) is 0 Å². The molecular weight excluding hydrogens is 292 g/mol. The Morgan fingerprint density at radius 3 is 2.48 bits per heavy atom. The van der Waals surface area contributed by atoms with Gasteiger partial charge < -0.3 is 15.3 Å². The fourth-order valence-electron chi connectivity index (χ4n) is 2.94. The van der Waals surface area contributed by atoms with E-state index in [1.807, 2.05) is 0 Å². The molecule has 0 saturated carbocycles. The van der Waals surface area contributed by atoms with E-state index in [0.717, 1.165) is 38.8 Å². The summed E-state index contributed by atoms with van der Waals surface area (Å²) < 4.78 is 0. The number of likely N-dealkylation sites (tertiary alicyclic amines) is 1. The van der Waals surface area contributed by atoms with Crippen LogP contribution >= 0.6 is 0 Å². The van der Waals surface area contributed by atoms with Gasteiger partial charge in [0.25, 0.3) is 0 Å². The number of carboxylic acids is 1. The van der Waals surface area contributed by atoms with E-state index < -0.39 is 5.97 Å². The zero-order valence-corrected chi connectivity index (χ0v) is 13.8. The topological polar surface area (TPSA) is 69.6 Å². The second-order valence-electron chi connectivity index (χ2n) is 6.33. The number of hydrogen-bond donors (Lipinski definition) is 2. The third-order valence-corrected chi connectivity index (χ3v) is 4.48. The maximum atomic E-state index is 11.9. The van der Waals surface area contributed by atoms with Gasteiger partial charge in [-0.15, -0.1) is 0 Å². The highest BCUT2D eigenvalue weighted by Gasteiger charge is 2.22. The Labute approximate surface area is 137 Å². The van der Waals surface area contributed by atoms with Crippen molar-refractivity contribution in [3.05, 3.63) is 35.4 Å². The number of benzene rings is 1. The van der Waals surface area contributed by atoms with Gasteiger partial charge in [-0.3, -0.25) is 4.79 Å². The SMILES string of the molecule is Cc1ccc(CCC2CCN(C(=O)NCCC(=O)O)CC2)cc1. The van der Waals surface area contributed by atoms with Crippen LogP contribution < -0.4 is 5.32 Å². The fraction of sp³-hybridized carbons (Fsp3) is 0.556. The van der Waals surface area contributed by atoms with Crippen LogP contribution in [-0.4, -0.2) is 41.6 Å². The number of amides is 2. The van der Waals surface area contributed by atoms with E-state index >= 15 is 0 Å². The van der Waals surface area contributed by atoms with Gasteiger partial charge >= 0.3 is 12.0 Å². The summed E-state index contributed by atoms with van der Waals surface area (Å²) in [6.07, 6.45) is 4.28. The average Bonchev–Trinajstić information content (AvgIpc) is 2.54. The summed E-state index contributed by atoms with van der Waals surface area (Å²) in [7, 11) is 0. The Bertz CT molecular complexity index is 520. The van der Waals surface area contributed by atoms with Crippen molar-refractivity contribution in [3.8, 4) is 0 Å². The Kier molecular flexibility index (Phi) is 6.44. The number of piperidine rings is 1. The molecule has 1 fully saturated rings. The average molecular weight is 318 g/mol. The molecule has 126 valence electrons. The molecule has 0 unspecified atom stereocenters. The second kappa shape index (κ2) is 8.56. The predicted molar refractivity (Wildman–Crippen MR) is 89.4 cm³/mol. The molecule has 1 aliphatic rings. The molecule has 2 N–H and O–H groups in total. The number of hydrogen-bond acceptors (Lipinski definition) is 2. The number of aryl methyl sites for hydroxylation is 2. The van der Waals surface area contributed by atoms with E-state index in [1.54, 1.807) is 4.90 Å². The van der Waals surface area contributed by atoms with Crippen LogP contribution in [0.25, 0.3) is 0 Å². The second-order valence-corrected chi connectivity index (χ2v) is 6.33. The minimum atomic E-state index is -0.889. The van der Waals surface area contributed by atoms with Crippen molar-refractivity contribution >= 4 is 12.0 Å². The van der Waals surface area contributed by atoms with Crippen LogP contribution in [-0.2, 0) is 11.2 Å². The van der Waals surface area contributed by atoms with Gasteiger partial charge in [0, 0.05) is 19.6 Å². The minimum Gasteiger partial charge on any atom is -0.481 e. The number of nitrogens with one attached hydrogen (secondary N) is 1. The van der Waals surface area contributed by atoms with Crippen LogP contribution in [0.4, 0.5) is 4.79 Å². The van der Waals surface area contributed by atoms with E-state index in [-0.39, 0.29) is 19.0 Å². The fourth-order valence-corrected chi connectivity index (χ4v) is 2.94. The molecule has 1 aromatic carbocycles. The van der Waals surface area contributed by atoms with E-state index in [2.05, 4.69) is 36.5 Å². The van der Waals surface area contributed by atoms with Gasteiger partial charge in [-0.1, -0.05) is 29.8 Å². The van der Waals surface area contributed by atoms with Gasteiger partial charge in [0.1, 0.15) is 0 Å². The maximum absolute atomic E-state index is 11.9. The molecule has 1 aliphatic heterocycles. The molecule has 0 spiro atoms. The standard InChI is InChI=1S/C18H26N2O3/c1-14-2-4-15(5-3-14)6-7-16-9-12-20(13-10-16)18(23)19-11-8-17(21)22/h2-5,16H,6-13H2,1H3,(H,19,23)(H,21,22). The highest BCUT2D eigenvalue weighted by Crippen LogP contribution is 2.22. The molecule has 1 aromatic rings. The summed E-state index contributed by atoms with van der Waals surface area (Å²) in [5.74, 6) is -0.223. The number of carbonyl (C=O) groups is 2. The van der Waals surface area contributed by atoms with Crippen LogP contribution in [0.1, 0.15) is 36.8 Å². The molecule has 5 nitrogen and oxygen atoms in total. The van der Waals surface area contributed by atoms with Gasteiger partial charge in [0.05, 0.1) is 6.42 Å². The minimum absolute atomic E-state index is 0.0290. The van der Waals surface area contributed by atoms with E-state index in [1.165, 1.54) is 11.1 Å². The highest BCUT2D eigenvalue weighted by molar-refractivity contribution is 5.75. The molecule has 0 atom stereocenters. The molecule has 1 saturated heterocycles. The predicted octanol–water partition coefficient (Wildman–Crippen LogP) is 2.82. The van der Waals surface area contributed by atoms with Crippen molar-refractivity contribution in [3.63, 3.8) is 0 Å². The van der Waals surface area contributed by atoms with Crippen molar-refractivity contribution in [1.82, 2.24) is 10.2 Å². The summed E-state index contributed by atoms with van der Waals surface area (Å²) >= 11 is 0. The van der Waals surface area contributed by atoms with E-state index in [9.17, 15) is 9.59 Å². The molecule has 1 heterocycles. The van der Waals surface area contributed by atoms with Crippen LogP contribution in [0, 0.1) is 12.8 Å². The first kappa shape index (κ1) is 17.3. The first-order valence-corrected chi connectivity index (χ1v) is 8.34. The van der Waals surface area contributed by atoms with Gasteiger partial charge in [-0.2, -0.15) is 0 Å². The largest absolute Gasteiger partial charge is 0.481 e. The zero-order valence-electron chi connectivity index (χ0n) is 13.8. The third-order valence-electron chi connectivity index (χ3n) is 4.48. The molecule has 0 radical (unpaired) electrons. The maximum Gasteiger partial charge on any atom is 0.317 e. The van der Waals surface area contributed by atoms with Gasteiger partial charge in [-0.05, 0) is 44.1 Å². The molecule has 0 bridgehead atoms. The molecule has 2 rings (SSSR count). The number of aliphatic carboxylic acids is 1. The molecule has 0 aromatic heterocycles. The Hall–Kier alpha value is -2.04. The number of carboxylic acid groups (broad SMARTS) is 1. The van der Waals surface area contributed by atoms with Gasteiger partial charge in [0.15, 0.2) is 0 Å². The molecule has 5 heteroatoms. The molecule has 2 amide bonds. The third kappa shape index (κ3) is 5.93. The Balaban J connectivity index is 1.66. The summed E-state index contributed by atoms with van der Waals surface area (Å²) in [6.45, 7) is 3.82. The smallest absolute Gasteiger partial charge is 0.317 e. The summed E-state index contributed by atoms with van der Waals surface area (Å²) in [6, 6.07) is 8.56. The zero-order chi connectivity index (χ0) is 16.7. The monoisotopic (exact) mass is 318 g/mol. The van der Waals surface area contributed by atoms with Crippen LogP contribution in [0.2, 0.25) is 0 Å². The first-order valence-electron chi connectivity index (χ1n) is 8.34. The highest BCUT2D eigenvalue weighted by atomic mass is 16.4. The van der Waals surface area contributed by atoms with Crippen molar-refractivity contribution < 1.29 is 14.7 Å². The number of urea groups is 1. The molecule has 23 heavy (non-hydrogen) atoms. The van der Waals surface area contributed by atoms with Crippen molar-refractivity contribution in [2.45, 2.75) is 39.0 Å². The lowest BCUT2D eigenvalue weighted by Gasteiger charge is -2.32. The summed E-state index contributed by atoms with van der Waals surface area (Å²) in [5, 5.41) is 11.2. The van der Waals surface area contributed by atoms with Crippen molar-refractivity contribution in [2.75, 3.05) is 19.6 Å². The lowest BCUT2D eigenvalue weighted by atomic mass is 9.90. The number of nitrogens with zero attached hydrogens (tertiary/aromatic N) is 1. The normalized spacial score (nSPS) is 15.4. The number of carbonyl (C=O) groups excluding carboxylic acids is 1. The van der Waals surface area contributed by atoms with Gasteiger partial charge in [-0.25, -0.2) is 4.79 Å². The van der Waals surface area contributed by atoms with Crippen molar-refractivity contribution in [1.29, 1.82) is 0 Å². The van der Waals surface area contributed by atoms with Crippen LogP contribution in [0.3, 0.4) is 0 Å². The van der Waals surface area contributed by atoms with E-state index in [0.29, 0.717) is 5.92 Å². The molecule has 0 aliphatic carbocycles. The molecular formula is C18H26N2O3. The lowest BCUT2D eigenvalue weighted by Crippen LogP contribution is -2.45. The first-order chi connectivity index (χ1) is 11.0. The lowest BCUT2D eigenvalue weighted by molar-refractivity contribution is -0.136. The Morgan fingerprint density at radius 2 is 1.87 bits per heavy atom. The van der Waals surface area contributed by atoms with Crippen molar-refractivity contribution in [2.24, 2.45) is 5.92 Å². The van der Waals surface area contributed by atoms with E-state index in [4.69, 9.17) is 5.11 Å². The summed E-state index contributed by atoms with van der Waals surface area (Å²) in [5.41, 5.74) is 2.67.